The first-order chi connectivity index (χ1) is 14.3. The predicted octanol–water partition coefficient (Wildman–Crippen LogP) is 2.37. The number of β-amino-alcohol motifs (C(OH)–C–C–N with tert-alkyl or cyclic N) is 1. The van der Waals surface area contributed by atoms with Gasteiger partial charge in [-0.25, -0.2) is 9.97 Å². The molecule has 0 radical (unpaired) electrons. The summed E-state index contributed by atoms with van der Waals surface area (Å²) in [5.74, 6) is 1.72. The lowest BCUT2D eigenvalue weighted by Crippen LogP contribution is -2.42. The van der Waals surface area contributed by atoms with Crippen LogP contribution in [0, 0.1) is 5.41 Å². The van der Waals surface area contributed by atoms with Crippen molar-refractivity contribution in [3.8, 4) is 11.4 Å². The summed E-state index contributed by atoms with van der Waals surface area (Å²) < 4.78 is 0. The molecule has 0 atom stereocenters. The normalized spacial score (nSPS) is 19.3. The number of nitrogens with zero attached hydrogens (tertiary/aromatic N) is 6. The minimum atomic E-state index is 0.251. The Morgan fingerprint density at radius 3 is 2.48 bits per heavy atom. The Labute approximate surface area is 170 Å². The molecule has 0 unspecified atom stereocenters. The Hall–Kier alpha value is -2.64. The van der Waals surface area contributed by atoms with Crippen LogP contribution in [0.4, 0.5) is 5.82 Å². The quantitative estimate of drug-likeness (QED) is 0.733. The number of aromatic nitrogens is 4. The fourth-order valence-corrected chi connectivity index (χ4v) is 4.80. The predicted molar refractivity (Wildman–Crippen MR) is 113 cm³/mol. The van der Waals surface area contributed by atoms with E-state index in [4.69, 9.17) is 9.97 Å². The molecular formula is C22H26N6O. The molecule has 2 saturated heterocycles. The molecule has 150 valence electrons. The summed E-state index contributed by atoms with van der Waals surface area (Å²) >= 11 is 0. The van der Waals surface area contributed by atoms with Crippen molar-refractivity contribution in [3.63, 3.8) is 0 Å². The molecule has 0 aliphatic carbocycles. The molecule has 0 bridgehead atoms. The average molecular weight is 390 g/mol. The number of aliphatic hydroxyl groups excluding tert-OH is 1. The smallest absolute Gasteiger partial charge is 0.162 e. The van der Waals surface area contributed by atoms with Crippen LogP contribution >= 0.6 is 0 Å². The van der Waals surface area contributed by atoms with Gasteiger partial charge in [0, 0.05) is 55.7 Å². The zero-order valence-electron chi connectivity index (χ0n) is 16.5. The Kier molecular flexibility index (Phi) is 4.85. The zero-order valence-corrected chi connectivity index (χ0v) is 16.5. The number of pyridine rings is 2. The highest BCUT2D eigenvalue weighted by Gasteiger charge is 2.40. The maximum Gasteiger partial charge on any atom is 0.162 e. The topological polar surface area (TPSA) is 78.3 Å². The molecule has 1 N–H and O–H groups in total. The minimum absolute atomic E-state index is 0.251. The monoisotopic (exact) mass is 390 g/mol. The van der Waals surface area contributed by atoms with Crippen LogP contribution in [-0.4, -0.2) is 69.3 Å². The van der Waals surface area contributed by atoms with Gasteiger partial charge in [0.2, 0.25) is 0 Å². The van der Waals surface area contributed by atoms with Crippen LogP contribution in [0.2, 0.25) is 0 Å². The van der Waals surface area contributed by atoms with E-state index in [9.17, 15) is 5.11 Å². The second-order valence-electron chi connectivity index (χ2n) is 8.24. The van der Waals surface area contributed by atoms with E-state index in [-0.39, 0.29) is 6.61 Å². The van der Waals surface area contributed by atoms with Gasteiger partial charge in [0.25, 0.3) is 0 Å². The van der Waals surface area contributed by atoms with Gasteiger partial charge < -0.3 is 14.9 Å². The van der Waals surface area contributed by atoms with Crippen molar-refractivity contribution < 1.29 is 5.11 Å². The van der Waals surface area contributed by atoms with Crippen LogP contribution in [0.3, 0.4) is 0 Å². The summed E-state index contributed by atoms with van der Waals surface area (Å²) in [7, 11) is 0. The lowest BCUT2D eigenvalue weighted by atomic mass is 9.78. The van der Waals surface area contributed by atoms with Gasteiger partial charge in [-0.3, -0.25) is 9.97 Å². The van der Waals surface area contributed by atoms with E-state index in [0.29, 0.717) is 5.41 Å². The Balaban J connectivity index is 1.43. The van der Waals surface area contributed by atoms with Crippen molar-refractivity contribution in [1.29, 1.82) is 0 Å². The highest BCUT2D eigenvalue weighted by molar-refractivity contribution is 5.90. The largest absolute Gasteiger partial charge is 0.395 e. The van der Waals surface area contributed by atoms with Crippen LogP contribution in [0.1, 0.15) is 19.3 Å². The summed E-state index contributed by atoms with van der Waals surface area (Å²) in [6, 6.07) is 5.91. The van der Waals surface area contributed by atoms with Crippen LogP contribution in [0.5, 0.6) is 0 Å². The van der Waals surface area contributed by atoms with Crippen LogP contribution in [0.15, 0.2) is 43.0 Å². The van der Waals surface area contributed by atoms with Crippen molar-refractivity contribution in [3.05, 3.63) is 43.0 Å². The van der Waals surface area contributed by atoms with Gasteiger partial charge in [-0.15, -0.1) is 0 Å². The highest BCUT2D eigenvalue weighted by Crippen LogP contribution is 2.41. The highest BCUT2D eigenvalue weighted by atomic mass is 16.3. The van der Waals surface area contributed by atoms with Crippen molar-refractivity contribution in [1.82, 2.24) is 24.8 Å². The van der Waals surface area contributed by atoms with Crippen molar-refractivity contribution in [2.75, 3.05) is 44.2 Å². The van der Waals surface area contributed by atoms with E-state index < -0.39 is 0 Å². The maximum absolute atomic E-state index is 9.25. The third kappa shape index (κ3) is 3.56. The number of likely N-dealkylation sites (tertiary alicyclic amines) is 1. The second-order valence-corrected chi connectivity index (χ2v) is 8.24. The van der Waals surface area contributed by atoms with E-state index in [1.807, 2.05) is 30.6 Å². The molecule has 5 heterocycles. The van der Waals surface area contributed by atoms with E-state index in [0.717, 1.165) is 73.7 Å². The van der Waals surface area contributed by atoms with Gasteiger partial charge in [0.1, 0.15) is 5.82 Å². The Morgan fingerprint density at radius 1 is 0.931 bits per heavy atom. The molecule has 29 heavy (non-hydrogen) atoms. The van der Waals surface area contributed by atoms with Gasteiger partial charge >= 0.3 is 0 Å². The summed E-state index contributed by atoms with van der Waals surface area (Å²) in [6.45, 7) is 5.26. The fourth-order valence-electron chi connectivity index (χ4n) is 4.80. The number of fused-ring (bicyclic) bond motifs is 1. The molecule has 3 aromatic heterocycles. The molecule has 7 heteroatoms. The molecule has 0 aromatic carbocycles. The molecule has 3 aromatic rings. The van der Waals surface area contributed by atoms with Gasteiger partial charge in [-0.05, 0) is 49.4 Å². The number of hydrogen-bond acceptors (Lipinski definition) is 7. The van der Waals surface area contributed by atoms with Gasteiger partial charge in [-0.2, -0.15) is 0 Å². The number of piperidine rings is 1. The maximum atomic E-state index is 9.25. The summed E-state index contributed by atoms with van der Waals surface area (Å²) in [4.78, 5) is 22.9. The first-order valence-electron chi connectivity index (χ1n) is 10.4. The fraction of sp³-hybridized carbons (Fsp3) is 0.455. The summed E-state index contributed by atoms with van der Waals surface area (Å²) in [6.07, 6.45) is 10.7. The molecule has 0 amide bonds. The lowest BCUT2D eigenvalue weighted by molar-refractivity contribution is 0.181. The first kappa shape index (κ1) is 18.4. The van der Waals surface area contributed by atoms with Gasteiger partial charge in [0.15, 0.2) is 5.82 Å². The van der Waals surface area contributed by atoms with E-state index in [1.54, 1.807) is 12.4 Å². The Morgan fingerprint density at radius 2 is 1.69 bits per heavy atom. The average Bonchev–Trinajstić information content (AvgIpc) is 3.16. The molecule has 5 rings (SSSR count). The second kappa shape index (κ2) is 7.65. The molecule has 0 saturated carbocycles. The van der Waals surface area contributed by atoms with E-state index in [2.05, 4.69) is 19.8 Å². The zero-order chi connectivity index (χ0) is 19.7. The molecule has 7 nitrogen and oxygen atoms in total. The van der Waals surface area contributed by atoms with Crippen molar-refractivity contribution in [2.45, 2.75) is 19.3 Å². The van der Waals surface area contributed by atoms with Crippen molar-refractivity contribution in [2.24, 2.45) is 5.41 Å². The number of aliphatic hydroxyl groups is 1. The molecular weight excluding hydrogens is 364 g/mol. The minimum Gasteiger partial charge on any atom is -0.395 e. The van der Waals surface area contributed by atoms with Crippen LogP contribution < -0.4 is 4.90 Å². The molecule has 1 spiro atoms. The molecule has 2 aliphatic heterocycles. The Bertz CT molecular complexity index is 987. The number of hydrogen-bond donors (Lipinski definition) is 1. The van der Waals surface area contributed by atoms with Gasteiger partial charge in [0.05, 0.1) is 18.3 Å². The lowest BCUT2D eigenvalue weighted by Gasteiger charge is -2.40. The standard InChI is InChI=1S/C22H26N6O/c29-14-13-27-10-4-22(16-27)5-11-28(12-6-22)21-18-3-9-24-15-19(18)25-20(26-21)17-1-7-23-8-2-17/h1-3,7-9,15,29H,4-6,10-14,16H2. The van der Waals surface area contributed by atoms with Crippen LogP contribution in [0.25, 0.3) is 22.3 Å². The summed E-state index contributed by atoms with van der Waals surface area (Å²) in [5.41, 5.74) is 2.24. The molecule has 2 fully saturated rings. The summed E-state index contributed by atoms with van der Waals surface area (Å²) in [5, 5.41) is 10.3. The third-order valence-electron chi connectivity index (χ3n) is 6.47. The number of rotatable bonds is 4. The van der Waals surface area contributed by atoms with Gasteiger partial charge in [-0.1, -0.05) is 0 Å². The first-order valence-corrected chi connectivity index (χ1v) is 10.4. The van der Waals surface area contributed by atoms with Crippen molar-refractivity contribution >= 4 is 16.7 Å². The molecule has 2 aliphatic rings. The third-order valence-corrected chi connectivity index (χ3v) is 6.47. The number of anilines is 1. The SMILES string of the molecule is OCCN1CCC2(CCN(c3nc(-c4ccncc4)nc4cnccc34)CC2)C1. The van der Waals surface area contributed by atoms with E-state index >= 15 is 0 Å². The van der Waals surface area contributed by atoms with E-state index in [1.165, 1.54) is 6.42 Å². The van der Waals surface area contributed by atoms with Crippen LogP contribution in [-0.2, 0) is 0 Å².